The molecular formula is C21H19F2N3O4. The van der Waals surface area contributed by atoms with Crippen molar-refractivity contribution in [1.82, 2.24) is 15.0 Å². The minimum atomic E-state index is -2.59. The van der Waals surface area contributed by atoms with Gasteiger partial charge in [-0.1, -0.05) is 29.5 Å². The molecule has 2 aromatic carbocycles. The number of methoxy groups -OCH3 is 1. The Kier molecular flexibility index (Phi) is 5.11. The maximum atomic E-state index is 13.1. The normalized spacial score (nSPS) is 15.4. The Bertz CT molecular complexity index is 1040. The third-order valence-electron chi connectivity index (χ3n) is 5.04. The molecule has 0 saturated heterocycles. The largest absolute Gasteiger partial charge is 0.497 e. The Balaban J connectivity index is 1.53. The van der Waals surface area contributed by atoms with Gasteiger partial charge in [-0.15, -0.1) is 5.10 Å². The lowest BCUT2D eigenvalue weighted by Gasteiger charge is -2.35. The highest BCUT2D eigenvalue weighted by molar-refractivity contribution is 5.87. The number of hydrogen-bond donors (Lipinski definition) is 1. The van der Waals surface area contributed by atoms with E-state index < -0.39 is 11.9 Å². The molecule has 1 aliphatic rings. The number of nitrogens with zero attached hydrogens (tertiary/aromatic N) is 3. The maximum Gasteiger partial charge on any atom is 0.362 e. The highest BCUT2D eigenvalue weighted by Gasteiger charge is 2.45. The number of hydrogen-bond acceptors (Lipinski definition) is 5. The highest BCUT2D eigenvalue weighted by Crippen LogP contribution is 2.48. The fourth-order valence-electron chi connectivity index (χ4n) is 3.36. The van der Waals surface area contributed by atoms with Gasteiger partial charge in [0, 0.05) is 12.8 Å². The average molecular weight is 415 g/mol. The molecule has 0 unspecified atom stereocenters. The van der Waals surface area contributed by atoms with E-state index >= 15 is 0 Å². The van der Waals surface area contributed by atoms with E-state index in [1.54, 1.807) is 43.5 Å². The van der Waals surface area contributed by atoms with E-state index in [1.807, 2.05) is 12.1 Å². The van der Waals surface area contributed by atoms with Gasteiger partial charge >= 0.3 is 5.97 Å². The topological polar surface area (TPSA) is 86.5 Å². The van der Waals surface area contributed by atoms with E-state index in [0.717, 1.165) is 11.1 Å². The van der Waals surface area contributed by atoms with Gasteiger partial charge in [-0.05, 0) is 41.3 Å². The quantitative estimate of drug-likeness (QED) is 0.618. The first kappa shape index (κ1) is 19.8. The summed E-state index contributed by atoms with van der Waals surface area (Å²) < 4.78 is 38.4. The summed E-state index contributed by atoms with van der Waals surface area (Å²) in [5.41, 5.74) is 1.34. The SMILES string of the molecule is COc1ccc(Cn2nnc(C(=O)O)c2Oc2ccc(C3CC(F)(F)C3)cc2)cc1. The molecule has 3 aromatic rings. The van der Waals surface area contributed by atoms with Crippen LogP contribution in [-0.4, -0.2) is 39.1 Å². The van der Waals surface area contributed by atoms with Crippen molar-refractivity contribution in [1.29, 1.82) is 0 Å². The predicted octanol–water partition coefficient (Wildman–Crippen LogP) is 4.34. The first-order valence-electron chi connectivity index (χ1n) is 9.30. The third kappa shape index (κ3) is 4.10. The van der Waals surface area contributed by atoms with Crippen molar-refractivity contribution in [3.8, 4) is 17.4 Å². The van der Waals surface area contributed by atoms with E-state index in [1.165, 1.54) is 4.68 Å². The Hall–Kier alpha value is -3.49. The van der Waals surface area contributed by atoms with Crippen LogP contribution >= 0.6 is 0 Å². The van der Waals surface area contributed by atoms with Crippen LogP contribution in [0.3, 0.4) is 0 Å². The lowest BCUT2D eigenvalue weighted by molar-refractivity contribution is -0.0867. The van der Waals surface area contributed by atoms with E-state index in [9.17, 15) is 18.7 Å². The molecule has 1 saturated carbocycles. The van der Waals surface area contributed by atoms with Crippen LogP contribution < -0.4 is 9.47 Å². The number of halogens is 2. The molecule has 1 aromatic heterocycles. The van der Waals surface area contributed by atoms with E-state index in [0.29, 0.717) is 11.5 Å². The first-order valence-corrected chi connectivity index (χ1v) is 9.30. The first-order chi connectivity index (χ1) is 14.3. The van der Waals surface area contributed by atoms with Crippen LogP contribution in [0.4, 0.5) is 8.78 Å². The fourth-order valence-corrected chi connectivity index (χ4v) is 3.36. The zero-order chi connectivity index (χ0) is 21.3. The number of aromatic carboxylic acids is 1. The van der Waals surface area contributed by atoms with Crippen molar-refractivity contribution in [2.75, 3.05) is 7.11 Å². The number of benzene rings is 2. The van der Waals surface area contributed by atoms with Gasteiger partial charge in [0.15, 0.2) is 0 Å². The average Bonchev–Trinajstić information content (AvgIpc) is 3.10. The summed E-state index contributed by atoms with van der Waals surface area (Å²) in [7, 11) is 1.57. The van der Waals surface area contributed by atoms with E-state index in [-0.39, 0.29) is 36.9 Å². The number of rotatable bonds is 7. The molecule has 156 valence electrons. The van der Waals surface area contributed by atoms with Crippen LogP contribution in [0.2, 0.25) is 0 Å². The zero-order valence-electron chi connectivity index (χ0n) is 16.1. The van der Waals surface area contributed by atoms with Gasteiger partial charge in [-0.2, -0.15) is 0 Å². The van der Waals surface area contributed by atoms with Gasteiger partial charge < -0.3 is 14.6 Å². The van der Waals surface area contributed by atoms with Gasteiger partial charge in [-0.3, -0.25) is 0 Å². The van der Waals surface area contributed by atoms with Crippen LogP contribution in [0.15, 0.2) is 48.5 Å². The lowest BCUT2D eigenvalue weighted by atomic mass is 9.77. The fraction of sp³-hybridized carbons (Fsp3) is 0.286. The second kappa shape index (κ2) is 7.74. The summed E-state index contributed by atoms with van der Waals surface area (Å²) in [5.74, 6) is -2.98. The predicted molar refractivity (Wildman–Crippen MR) is 103 cm³/mol. The maximum absolute atomic E-state index is 13.1. The summed E-state index contributed by atoms with van der Waals surface area (Å²) in [4.78, 5) is 11.5. The molecular weight excluding hydrogens is 396 g/mol. The van der Waals surface area contributed by atoms with Crippen molar-refractivity contribution in [3.63, 3.8) is 0 Å². The molecule has 30 heavy (non-hydrogen) atoms. The van der Waals surface area contributed by atoms with Gasteiger partial charge in [0.2, 0.25) is 11.6 Å². The molecule has 0 amide bonds. The van der Waals surface area contributed by atoms with Crippen LogP contribution in [0.5, 0.6) is 17.4 Å². The van der Waals surface area contributed by atoms with Crippen LogP contribution in [0, 0.1) is 0 Å². The number of aromatic nitrogens is 3. The Morgan fingerprint density at radius 2 is 1.77 bits per heavy atom. The molecule has 4 rings (SSSR count). The summed E-state index contributed by atoms with van der Waals surface area (Å²) in [5, 5.41) is 17.0. The molecule has 1 heterocycles. The zero-order valence-corrected chi connectivity index (χ0v) is 16.1. The molecule has 0 aliphatic heterocycles. The van der Waals surface area contributed by atoms with E-state index in [2.05, 4.69) is 10.3 Å². The van der Waals surface area contributed by atoms with Gasteiger partial charge in [0.05, 0.1) is 13.7 Å². The molecule has 7 nitrogen and oxygen atoms in total. The van der Waals surface area contributed by atoms with Crippen molar-refractivity contribution in [2.45, 2.75) is 31.2 Å². The monoisotopic (exact) mass is 415 g/mol. The Morgan fingerprint density at radius 3 is 2.33 bits per heavy atom. The molecule has 0 spiro atoms. The third-order valence-corrected chi connectivity index (χ3v) is 5.04. The number of carboxylic acids is 1. The molecule has 0 atom stereocenters. The number of alkyl halides is 2. The van der Waals surface area contributed by atoms with Crippen LogP contribution in [0.25, 0.3) is 0 Å². The minimum absolute atomic E-state index is 0.0127. The van der Waals surface area contributed by atoms with Gasteiger partial charge in [0.1, 0.15) is 11.5 Å². The van der Waals surface area contributed by atoms with Crippen molar-refractivity contribution in [2.24, 2.45) is 0 Å². The second-order valence-electron chi connectivity index (χ2n) is 7.19. The standard InChI is InChI=1S/C21H19F2N3O4/c1-29-16-6-2-13(3-7-16)12-26-19(18(20(27)28)24-25-26)30-17-8-4-14(5-9-17)15-10-21(22,23)11-15/h2-9,15H,10-12H2,1H3,(H,27,28). The van der Waals surface area contributed by atoms with Crippen molar-refractivity contribution < 1.29 is 28.2 Å². The van der Waals surface area contributed by atoms with Crippen LogP contribution in [0.1, 0.15) is 40.4 Å². The minimum Gasteiger partial charge on any atom is -0.497 e. The summed E-state index contributed by atoms with van der Waals surface area (Å²) >= 11 is 0. The van der Waals surface area contributed by atoms with Crippen molar-refractivity contribution in [3.05, 3.63) is 65.4 Å². The summed E-state index contributed by atoms with van der Waals surface area (Å²) in [6.45, 7) is 0.245. The molecule has 0 radical (unpaired) electrons. The molecule has 1 fully saturated rings. The Labute approximate surface area is 170 Å². The molecule has 9 heteroatoms. The number of carbonyl (C=O) groups is 1. The van der Waals surface area contributed by atoms with Crippen LogP contribution in [-0.2, 0) is 6.54 Å². The second-order valence-corrected chi connectivity index (χ2v) is 7.19. The van der Waals surface area contributed by atoms with E-state index in [4.69, 9.17) is 9.47 Å². The highest BCUT2D eigenvalue weighted by atomic mass is 19.3. The number of ether oxygens (including phenoxy) is 2. The van der Waals surface area contributed by atoms with Gasteiger partial charge in [-0.25, -0.2) is 18.3 Å². The molecule has 1 N–H and O–H groups in total. The molecule has 0 bridgehead atoms. The number of carboxylic acid groups (broad SMARTS) is 1. The smallest absolute Gasteiger partial charge is 0.362 e. The lowest BCUT2D eigenvalue weighted by Crippen LogP contribution is -2.33. The summed E-state index contributed by atoms with van der Waals surface area (Å²) in [6, 6.07) is 13.9. The Morgan fingerprint density at radius 1 is 1.13 bits per heavy atom. The molecule has 1 aliphatic carbocycles. The van der Waals surface area contributed by atoms with Crippen molar-refractivity contribution >= 4 is 5.97 Å². The van der Waals surface area contributed by atoms with Gasteiger partial charge in [0.25, 0.3) is 5.88 Å². The summed E-state index contributed by atoms with van der Waals surface area (Å²) in [6.07, 6.45) is -0.316.